The van der Waals surface area contributed by atoms with Crippen molar-refractivity contribution in [2.45, 2.75) is 93.8 Å². The van der Waals surface area contributed by atoms with Crippen LogP contribution in [-0.4, -0.2) is 94.0 Å². The fraction of sp³-hybridized carbons (Fsp3) is 0.778. The Hall–Kier alpha value is -1.00. The highest BCUT2D eigenvalue weighted by Crippen LogP contribution is 2.66. The van der Waals surface area contributed by atoms with Gasteiger partial charge >= 0.3 is 29.2 Å². The first-order valence-electron chi connectivity index (χ1n) is 16.6. The van der Waals surface area contributed by atoms with Crippen LogP contribution in [0.1, 0.15) is 65.5 Å². The molecule has 3 saturated heterocycles. The number of thioether (sulfide) groups is 1. The van der Waals surface area contributed by atoms with E-state index in [0.717, 1.165) is 36.0 Å². The number of phosphoric acid groups is 3. The van der Waals surface area contributed by atoms with E-state index in [1.54, 1.807) is 0 Å². The largest absolute Gasteiger partial charge is 0.490 e. The number of anilines is 1. The SMILES string of the molecule is CCC1C(=O)NC2C(CCCCC(=O)NCC(C)(C)SSCOC3C[C@H](n4ccc(N)nc4=O)O[C@@H]3COP(=O)(O)OP(=O)(O)OP(=O)(O)O)SCC12. The number of nitrogens with one attached hydrogen (secondary N) is 2. The summed E-state index contributed by atoms with van der Waals surface area (Å²) >= 11 is 1.92. The van der Waals surface area contributed by atoms with Gasteiger partial charge in [0.25, 0.3) is 0 Å². The van der Waals surface area contributed by atoms with Gasteiger partial charge in [0.05, 0.1) is 12.7 Å². The van der Waals surface area contributed by atoms with Crippen LogP contribution >= 0.6 is 56.8 Å². The lowest BCUT2D eigenvalue weighted by molar-refractivity contribution is -0.123. The summed E-state index contributed by atoms with van der Waals surface area (Å²) in [6.07, 6.45) is 2.22. The number of aromatic nitrogens is 2. The van der Waals surface area contributed by atoms with Crippen LogP contribution in [0.5, 0.6) is 0 Å². The van der Waals surface area contributed by atoms with Crippen molar-refractivity contribution in [2.75, 3.05) is 30.6 Å². The van der Waals surface area contributed by atoms with Crippen molar-refractivity contribution in [3.8, 4) is 0 Å². The molecule has 0 bridgehead atoms. The summed E-state index contributed by atoms with van der Waals surface area (Å²) in [5.41, 5.74) is 4.82. The number of phosphoric ester groups is 1. The molecular formula is C27H46N5O15P3S3. The minimum atomic E-state index is -5.74. The minimum Gasteiger partial charge on any atom is -0.383 e. The Bertz CT molecular complexity index is 1650. The van der Waals surface area contributed by atoms with Gasteiger partial charge < -0.3 is 45.4 Å². The second-order valence-electron chi connectivity index (χ2n) is 13.2. The Morgan fingerprint density at radius 1 is 1.19 bits per heavy atom. The van der Waals surface area contributed by atoms with Crippen LogP contribution in [0.3, 0.4) is 0 Å². The maximum absolute atomic E-state index is 12.6. The number of rotatable bonds is 21. The summed E-state index contributed by atoms with van der Waals surface area (Å²) in [5.74, 6) is 1.64. The summed E-state index contributed by atoms with van der Waals surface area (Å²) in [6, 6.07) is 1.58. The van der Waals surface area contributed by atoms with Crippen molar-refractivity contribution >= 4 is 74.4 Å². The van der Waals surface area contributed by atoms with E-state index in [2.05, 4.69) is 31.2 Å². The Kier molecular flexibility index (Phi) is 16.0. The summed E-state index contributed by atoms with van der Waals surface area (Å²) in [7, 11) is -14.0. The van der Waals surface area contributed by atoms with Crippen LogP contribution in [0.2, 0.25) is 0 Å². The Labute approximate surface area is 318 Å². The topological polar surface area (TPSA) is 297 Å². The van der Waals surface area contributed by atoms with Crippen molar-refractivity contribution in [1.29, 1.82) is 0 Å². The normalized spacial score (nSPS) is 28.3. The number of fused-ring (bicyclic) bond motifs is 1. The van der Waals surface area contributed by atoms with Gasteiger partial charge in [0, 0.05) is 53.5 Å². The van der Waals surface area contributed by atoms with Gasteiger partial charge in [-0.15, -0.1) is 0 Å². The molecule has 9 atom stereocenters. The molecule has 302 valence electrons. The average molecular weight is 870 g/mol. The maximum atomic E-state index is 12.6. The summed E-state index contributed by atoms with van der Waals surface area (Å²) < 4.78 is 59.7. The lowest BCUT2D eigenvalue weighted by atomic mass is 9.88. The van der Waals surface area contributed by atoms with Gasteiger partial charge in [-0.1, -0.05) is 34.9 Å². The van der Waals surface area contributed by atoms with E-state index in [1.165, 1.54) is 33.9 Å². The first kappa shape index (κ1) is 44.7. The molecule has 4 rings (SSSR count). The number of nitrogens with zero attached hydrogens (tertiary/aromatic N) is 2. The van der Waals surface area contributed by atoms with Crippen molar-refractivity contribution in [1.82, 2.24) is 20.2 Å². The van der Waals surface area contributed by atoms with Crippen molar-refractivity contribution in [3.63, 3.8) is 0 Å². The van der Waals surface area contributed by atoms with Gasteiger partial charge in [0.1, 0.15) is 24.1 Å². The highest BCUT2D eigenvalue weighted by Gasteiger charge is 2.48. The Balaban J connectivity index is 1.21. The standard InChI is InChI=1S/C27H46N5O15P3S3/c1-4-16-17-13-51-20(24(17)31-25(16)34)7-5-6-8-22(33)29-14-27(2,3)53-52-15-43-18-11-23(32-10-9-21(28)30-26(32)35)45-19(18)12-44-49(39,40)47-50(41,42)46-48(36,37)38/h9-10,16-20,23-24H,4-8,11-15H2,1-3H3,(H,29,33)(H,31,34)(H,39,40)(H,41,42)(H2,28,30,35)(H2,36,37,38)/t16?,17?,18?,19-,20?,23-,24?/m1/s1. The predicted molar refractivity (Wildman–Crippen MR) is 197 cm³/mol. The first-order chi connectivity index (χ1) is 24.7. The number of amides is 2. The Morgan fingerprint density at radius 3 is 2.60 bits per heavy atom. The molecule has 0 radical (unpaired) electrons. The number of nitrogens with two attached hydrogens (primary N) is 1. The third-order valence-electron chi connectivity index (χ3n) is 8.60. The van der Waals surface area contributed by atoms with Gasteiger partial charge in [0.15, 0.2) is 0 Å². The summed E-state index contributed by atoms with van der Waals surface area (Å²) in [5, 5.41) is 6.54. The molecule has 8 N–H and O–H groups in total. The summed E-state index contributed by atoms with van der Waals surface area (Å²) in [4.78, 5) is 77.7. The molecule has 0 aliphatic carbocycles. The number of carbonyl (C=O) groups excluding carboxylic acids is 2. The van der Waals surface area contributed by atoms with Gasteiger partial charge in [-0.25, -0.2) is 18.5 Å². The predicted octanol–water partition coefficient (Wildman–Crippen LogP) is 2.89. The van der Waals surface area contributed by atoms with Crippen LogP contribution in [0, 0.1) is 11.8 Å². The van der Waals surface area contributed by atoms with Crippen LogP contribution in [0.15, 0.2) is 17.1 Å². The Morgan fingerprint density at radius 2 is 1.92 bits per heavy atom. The number of unbranched alkanes of at least 4 members (excludes halogenated alkanes) is 1. The quantitative estimate of drug-likeness (QED) is 0.0404. The molecule has 3 aliphatic rings. The van der Waals surface area contributed by atoms with E-state index >= 15 is 0 Å². The van der Waals surface area contributed by atoms with Gasteiger partial charge in [-0.2, -0.15) is 25.4 Å². The molecule has 0 saturated carbocycles. The maximum Gasteiger partial charge on any atom is 0.490 e. The van der Waals surface area contributed by atoms with Crippen LogP contribution in [0.4, 0.5) is 5.82 Å². The van der Waals surface area contributed by atoms with Crippen molar-refractivity contribution < 1.29 is 65.5 Å². The van der Waals surface area contributed by atoms with Crippen LogP contribution in [-0.2, 0) is 45.9 Å². The molecule has 3 fully saturated rings. The molecule has 1 aromatic heterocycles. The van der Waals surface area contributed by atoms with E-state index in [0.29, 0.717) is 24.1 Å². The fourth-order valence-corrected chi connectivity index (χ4v) is 13.1. The van der Waals surface area contributed by atoms with E-state index in [4.69, 9.17) is 29.5 Å². The zero-order valence-corrected chi connectivity index (χ0v) is 34.2. The lowest BCUT2D eigenvalue weighted by Gasteiger charge is -2.24. The number of nitrogen functional groups attached to an aromatic ring is 1. The molecule has 1 aromatic rings. The van der Waals surface area contributed by atoms with Crippen LogP contribution < -0.4 is 22.1 Å². The zero-order chi connectivity index (χ0) is 39.2. The minimum absolute atomic E-state index is 0.0312. The van der Waals surface area contributed by atoms with E-state index in [9.17, 15) is 37.9 Å². The first-order valence-corrected chi connectivity index (χ1v) is 24.5. The number of hydrogen-bond acceptors (Lipinski definition) is 16. The fourth-order valence-electron chi connectivity index (χ4n) is 6.17. The molecule has 0 aromatic carbocycles. The van der Waals surface area contributed by atoms with Crippen molar-refractivity contribution in [2.24, 2.45) is 11.8 Å². The second-order valence-corrected chi connectivity index (χ2v) is 21.8. The van der Waals surface area contributed by atoms with E-state index < -0.39 is 58.9 Å². The van der Waals surface area contributed by atoms with Crippen LogP contribution in [0.25, 0.3) is 0 Å². The lowest BCUT2D eigenvalue weighted by Crippen LogP contribution is -2.36. The molecule has 2 amide bonds. The monoisotopic (exact) mass is 869 g/mol. The molecule has 53 heavy (non-hydrogen) atoms. The molecule has 0 spiro atoms. The molecule has 3 aliphatic heterocycles. The molecule has 4 heterocycles. The van der Waals surface area contributed by atoms with E-state index in [-0.39, 0.29) is 42.0 Å². The number of carbonyl (C=O) groups is 2. The smallest absolute Gasteiger partial charge is 0.383 e. The molecule has 20 nitrogen and oxygen atoms in total. The van der Waals surface area contributed by atoms with Gasteiger partial charge in [-0.05, 0) is 44.9 Å². The summed E-state index contributed by atoms with van der Waals surface area (Å²) in [6.45, 7) is 5.53. The number of ether oxygens (including phenoxy) is 2. The van der Waals surface area contributed by atoms with Crippen molar-refractivity contribution in [3.05, 3.63) is 22.7 Å². The molecular weight excluding hydrogens is 823 g/mol. The van der Waals surface area contributed by atoms with Gasteiger partial charge in [-0.3, -0.25) is 18.7 Å². The highest BCUT2D eigenvalue weighted by atomic mass is 33.1. The third-order valence-corrected chi connectivity index (χ3v) is 16.9. The molecule has 7 unspecified atom stereocenters. The average Bonchev–Trinajstić information content (AvgIpc) is 3.71. The van der Waals surface area contributed by atoms with E-state index in [1.807, 2.05) is 25.6 Å². The van der Waals surface area contributed by atoms with Gasteiger partial charge in [0.2, 0.25) is 11.8 Å². The second kappa shape index (κ2) is 19.0. The zero-order valence-electron chi connectivity index (χ0n) is 29.1. The number of hydrogen-bond donors (Lipinski definition) is 7. The third kappa shape index (κ3) is 13.9. The highest BCUT2D eigenvalue weighted by molar-refractivity contribution is 8.77. The molecule has 26 heteroatoms.